The molecule has 0 spiro atoms. The molecule has 1 aromatic rings. The lowest BCUT2D eigenvalue weighted by Gasteiger charge is -2.37. The number of nitrogens with zero attached hydrogens (tertiary/aromatic N) is 3. The molecule has 0 radical (unpaired) electrons. The number of fused-ring (bicyclic) bond motifs is 1. The van der Waals surface area contributed by atoms with Gasteiger partial charge in [-0.25, -0.2) is 9.59 Å². The molecule has 0 bridgehead atoms. The summed E-state index contributed by atoms with van der Waals surface area (Å²) in [5.41, 5.74) is 0. The van der Waals surface area contributed by atoms with Gasteiger partial charge >= 0.3 is 12.1 Å². The molecule has 9 heteroatoms. The highest BCUT2D eigenvalue weighted by molar-refractivity contribution is 5.88. The van der Waals surface area contributed by atoms with E-state index in [1.54, 1.807) is 11.0 Å². The maximum atomic E-state index is 12.4. The summed E-state index contributed by atoms with van der Waals surface area (Å²) in [6.45, 7) is 6.71. The van der Waals surface area contributed by atoms with Gasteiger partial charge in [-0.2, -0.15) is 0 Å². The smallest absolute Gasteiger partial charge is 0.410 e. The summed E-state index contributed by atoms with van der Waals surface area (Å²) in [6, 6.07) is 1.82. The highest BCUT2D eigenvalue weighted by Crippen LogP contribution is 2.29. The second-order valence-electron chi connectivity index (χ2n) is 7.47. The van der Waals surface area contributed by atoms with Crippen LogP contribution in [0.3, 0.4) is 0 Å². The van der Waals surface area contributed by atoms with Gasteiger partial charge in [0, 0.05) is 44.2 Å². The van der Waals surface area contributed by atoms with Crippen molar-refractivity contribution in [1.82, 2.24) is 20.3 Å². The second-order valence-corrected chi connectivity index (χ2v) is 7.47. The van der Waals surface area contributed by atoms with Crippen LogP contribution < -0.4 is 10.6 Å². The number of amides is 3. The molecule has 3 aliphatic heterocycles. The SMILES string of the molecule is CC(C)c1cc(NC(=O)N2CCC(N3C(=O)O[C@H]4CNC[C@H]43)CC2)no1. The third-order valence-corrected chi connectivity index (χ3v) is 5.43. The van der Waals surface area contributed by atoms with Crippen molar-refractivity contribution in [3.8, 4) is 0 Å². The normalized spacial score (nSPS) is 26.3. The Morgan fingerprint density at radius 1 is 1.35 bits per heavy atom. The van der Waals surface area contributed by atoms with Crippen LogP contribution in [0.4, 0.5) is 15.4 Å². The minimum atomic E-state index is -0.215. The summed E-state index contributed by atoms with van der Waals surface area (Å²) in [5.74, 6) is 1.40. The van der Waals surface area contributed by atoms with E-state index in [-0.39, 0.29) is 36.2 Å². The Kier molecular flexibility index (Phi) is 4.47. The lowest BCUT2D eigenvalue weighted by molar-refractivity contribution is 0.111. The van der Waals surface area contributed by atoms with Crippen molar-refractivity contribution in [3.63, 3.8) is 0 Å². The molecular formula is C17H25N5O4. The molecule has 3 fully saturated rings. The lowest BCUT2D eigenvalue weighted by Crippen LogP contribution is -2.51. The average Bonchev–Trinajstić information content (AvgIpc) is 3.31. The monoisotopic (exact) mass is 363 g/mol. The first-order chi connectivity index (χ1) is 12.5. The Morgan fingerprint density at radius 3 is 2.81 bits per heavy atom. The predicted molar refractivity (Wildman–Crippen MR) is 93.0 cm³/mol. The summed E-state index contributed by atoms with van der Waals surface area (Å²) >= 11 is 0. The first-order valence-electron chi connectivity index (χ1n) is 9.25. The van der Waals surface area contributed by atoms with E-state index in [1.807, 2.05) is 18.7 Å². The molecule has 2 N–H and O–H groups in total. The Balaban J connectivity index is 1.31. The Morgan fingerprint density at radius 2 is 2.12 bits per heavy atom. The maximum Gasteiger partial charge on any atom is 0.410 e. The van der Waals surface area contributed by atoms with Gasteiger partial charge in [0.05, 0.1) is 6.04 Å². The van der Waals surface area contributed by atoms with Crippen LogP contribution in [0.1, 0.15) is 38.4 Å². The van der Waals surface area contributed by atoms with Crippen molar-refractivity contribution in [3.05, 3.63) is 11.8 Å². The minimum Gasteiger partial charge on any atom is -0.442 e. The highest BCUT2D eigenvalue weighted by Gasteiger charge is 2.48. The topological polar surface area (TPSA) is 99.9 Å². The molecule has 26 heavy (non-hydrogen) atoms. The number of urea groups is 1. The Labute approximate surface area is 152 Å². The van der Waals surface area contributed by atoms with Gasteiger partial charge in [-0.15, -0.1) is 0 Å². The quantitative estimate of drug-likeness (QED) is 0.846. The van der Waals surface area contributed by atoms with Gasteiger partial charge in [-0.1, -0.05) is 19.0 Å². The molecule has 3 amide bonds. The number of aromatic nitrogens is 1. The molecule has 0 unspecified atom stereocenters. The third-order valence-electron chi connectivity index (χ3n) is 5.43. The van der Waals surface area contributed by atoms with Gasteiger partial charge in [0.25, 0.3) is 0 Å². The van der Waals surface area contributed by atoms with E-state index in [0.29, 0.717) is 18.9 Å². The van der Waals surface area contributed by atoms with Crippen molar-refractivity contribution in [2.45, 2.75) is 50.8 Å². The first-order valence-corrected chi connectivity index (χ1v) is 9.25. The molecule has 0 aromatic carbocycles. The predicted octanol–water partition coefficient (Wildman–Crippen LogP) is 1.59. The van der Waals surface area contributed by atoms with Crippen molar-refractivity contribution < 1.29 is 18.8 Å². The maximum absolute atomic E-state index is 12.4. The van der Waals surface area contributed by atoms with Crippen LogP contribution in [0.15, 0.2) is 10.6 Å². The van der Waals surface area contributed by atoms with Crippen LogP contribution in [0.2, 0.25) is 0 Å². The number of likely N-dealkylation sites (tertiary alicyclic amines) is 1. The number of ether oxygens (including phenoxy) is 1. The molecule has 3 saturated heterocycles. The molecule has 1 aromatic heterocycles. The van der Waals surface area contributed by atoms with E-state index < -0.39 is 0 Å². The number of hydrogen-bond acceptors (Lipinski definition) is 6. The standard InChI is InChI=1S/C17H25N5O4/c1-10(2)13-7-15(20-26-13)19-16(23)21-5-3-11(4-6-21)22-12-8-18-9-14(12)25-17(22)24/h7,10-12,14,18H,3-6,8-9H2,1-2H3,(H,19,20,23)/t12-,14+/m1/s1. The molecular weight excluding hydrogens is 338 g/mol. The number of carbonyl (C=O) groups is 2. The Hall–Kier alpha value is -2.29. The van der Waals surface area contributed by atoms with Gasteiger partial charge < -0.3 is 19.5 Å². The van der Waals surface area contributed by atoms with Crippen LogP contribution in [0.5, 0.6) is 0 Å². The number of anilines is 1. The van der Waals surface area contributed by atoms with Crippen LogP contribution in [-0.2, 0) is 4.74 Å². The molecule has 4 rings (SSSR count). The highest BCUT2D eigenvalue weighted by atomic mass is 16.6. The second kappa shape index (κ2) is 6.79. The molecule has 3 aliphatic rings. The summed E-state index contributed by atoms with van der Waals surface area (Å²) < 4.78 is 10.6. The van der Waals surface area contributed by atoms with E-state index >= 15 is 0 Å². The van der Waals surface area contributed by atoms with E-state index in [2.05, 4.69) is 15.8 Å². The van der Waals surface area contributed by atoms with E-state index in [9.17, 15) is 9.59 Å². The van der Waals surface area contributed by atoms with Crippen molar-refractivity contribution in [1.29, 1.82) is 0 Å². The fourth-order valence-electron chi connectivity index (χ4n) is 3.94. The van der Waals surface area contributed by atoms with E-state index in [1.165, 1.54) is 0 Å². The summed E-state index contributed by atoms with van der Waals surface area (Å²) in [7, 11) is 0. The van der Waals surface area contributed by atoms with Crippen LogP contribution in [0, 0.1) is 0 Å². The number of hydrogen-bond donors (Lipinski definition) is 2. The number of nitrogens with one attached hydrogen (secondary N) is 2. The van der Waals surface area contributed by atoms with Gasteiger partial charge in [-0.05, 0) is 12.8 Å². The van der Waals surface area contributed by atoms with E-state index in [0.717, 1.165) is 31.7 Å². The molecule has 142 valence electrons. The van der Waals surface area contributed by atoms with Crippen molar-refractivity contribution >= 4 is 17.9 Å². The number of carbonyl (C=O) groups excluding carboxylic acids is 2. The molecule has 9 nitrogen and oxygen atoms in total. The Bertz CT molecular complexity index is 682. The van der Waals surface area contributed by atoms with Gasteiger partial charge in [0.15, 0.2) is 5.82 Å². The number of piperidine rings is 1. The zero-order valence-corrected chi connectivity index (χ0v) is 15.1. The van der Waals surface area contributed by atoms with Crippen LogP contribution in [-0.4, -0.2) is 71.4 Å². The van der Waals surface area contributed by atoms with Gasteiger partial charge in [0.1, 0.15) is 11.9 Å². The van der Waals surface area contributed by atoms with Crippen LogP contribution >= 0.6 is 0 Å². The molecule has 0 aliphatic carbocycles. The summed E-state index contributed by atoms with van der Waals surface area (Å²) in [6.07, 6.45) is 1.25. The average molecular weight is 363 g/mol. The van der Waals surface area contributed by atoms with Gasteiger partial charge in [-0.3, -0.25) is 10.2 Å². The first kappa shape index (κ1) is 17.1. The van der Waals surface area contributed by atoms with Gasteiger partial charge in [0.2, 0.25) is 0 Å². The largest absolute Gasteiger partial charge is 0.442 e. The fraction of sp³-hybridized carbons (Fsp3) is 0.706. The zero-order valence-electron chi connectivity index (χ0n) is 15.1. The molecule has 4 heterocycles. The summed E-state index contributed by atoms with van der Waals surface area (Å²) in [5, 5.41) is 9.94. The fourth-order valence-corrected chi connectivity index (χ4v) is 3.94. The van der Waals surface area contributed by atoms with E-state index in [4.69, 9.17) is 9.26 Å². The number of rotatable bonds is 3. The van der Waals surface area contributed by atoms with Crippen molar-refractivity contribution in [2.24, 2.45) is 0 Å². The zero-order chi connectivity index (χ0) is 18.3. The molecule has 2 atom stereocenters. The third kappa shape index (κ3) is 3.11. The van der Waals surface area contributed by atoms with Crippen LogP contribution in [0.25, 0.3) is 0 Å². The van der Waals surface area contributed by atoms with Crippen molar-refractivity contribution in [2.75, 3.05) is 31.5 Å². The summed E-state index contributed by atoms with van der Waals surface area (Å²) in [4.78, 5) is 28.2. The minimum absolute atomic E-state index is 0.0360. The lowest BCUT2D eigenvalue weighted by atomic mass is 10.0. The molecule has 0 saturated carbocycles.